The fourth-order valence-corrected chi connectivity index (χ4v) is 3.96. The van der Waals surface area contributed by atoms with Crippen molar-refractivity contribution < 1.29 is 66.8 Å². The Hall–Kier alpha value is -2.19. The molecule has 0 heterocycles. The molecule has 0 aliphatic rings. The van der Waals surface area contributed by atoms with Crippen molar-refractivity contribution in [3.05, 3.63) is 48.5 Å². The van der Waals surface area contributed by atoms with Crippen molar-refractivity contribution in [2.24, 2.45) is 10.2 Å². The van der Waals surface area contributed by atoms with Gasteiger partial charge >= 0.3 is 29.6 Å². The molecule has 3 aromatic rings. The molecule has 6 N–H and O–H groups in total. The van der Waals surface area contributed by atoms with Crippen molar-refractivity contribution in [2.75, 3.05) is 5.32 Å². The fourth-order valence-electron chi connectivity index (χ4n) is 2.74. The summed E-state index contributed by atoms with van der Waals surface area (Å²) < 4.78 is 44.4. The topological polar surface area (TPSA) is 227 Å². The minimum atomic E-state index is -4.87. The number of azo groups is 1. The van der Waals surface area contributed by atoms with Gasteiger partial charge in [0.1, 0.15) is 4.90 Å². The average Bonchev–Trinajstić information content (AvgIpc) is 2.66. The number of hydrogen-bond acceptors (Lipinski definition) is 9. The number of benzene rings is 3. The van der Waals surface area contributed by atoms with Gasteiger partial charge in [-0.1, -0.05) is 23.9 Å². The molecule has 0 bridgehead atoms. The molecule has 33 heavy (non-hydrogen) atoms. The molecule has 170 valence electrons. The maximum atomic E-state index is 12.9. The molecule has 12 nitrogen and oxygen atoms in total. The zero-order valence-corrected chi connectivity index (χ0v) is 21.1. The van der Waals surface area contributed by atoms with Gasteiger partial charge in [-0.3, -0.25) is 9.35 Å². The Balaban J connectivity index is 0.00000272. The van der Waals surface area contributed by atoms with Crippen LogP contribution in [0.4, 0.5) is 17.1 Å². The number of anilines is 1. The number of carbonyl (C=O) groups excluding carboxylic acids is 1. The molecule has 3 rings (SSSR count). The van der Waals surface area contributed by atoms with Crippen molar-refractivity contribution in [2.45, 2.75) is 11.8 Å². The zero-order chi connectivity index (χ0) is 23.0. The summed E-state index contributed by atoms with van der Waals surface area (Å²) in [4.78, 5) is 30.9. The van der Waals surface area contributed by atoms with Crippen molar-refractivity contribution >= 4 is 56.8 Å². The molecule has 0 aromatic heterocycles. The van der Waals surface area contributed by atoms with E-state index in [1.807, 2.05) is 0 Å². The van der Waals surface area contributed by atoms with Crippen LogP contribution in [0.25, 0.3) is 10.8 Å². The Kier molecular flexibility index (Phi) is 9.46. The van der Waals surface area contributed by atoms with E-state index < -0.39 is 39.4 Å². The zero-order valence-electron chi connectivity index (χ0n) is 17.4. The SMILES string of the molecule is CC(=O)Nc1ccc2cc(S(=O)(=O)O)c(N=Nc3cccc(P(=O)([O-])O)c3)c([O-])c2c1.N.[Na+]. The molecule has 1 atom stereocenters. The summed E-state index contributed by atoms with van der Waals surface area (Å²) in [6.45, 7) is 1.27. The Labute approximate surface area is 210 Å². The van der Waals surface area contributed by atoms with Gasteiger partial charge in [0.05, 0.1) is 11.4 Å². The summed E-state index contributed by atoms with van der Waals surface area (Å²) in [6.07, 6.45) is 0. The monoisotopic (exact) mass is 503 g/mol. The summed E-state index contributed by atoms with van der Waals surface area (Å²) in [6, 6.07) is 9.79. The molecule has 0 spiro atoms. The molecule has 1 unspecified atom stereocenters. The van der Waals surface area contributed by atoms with E-state index in [4.69, 9.17) is 4.89 Å². The van der Waals surface area contributed by atoms with Crippen LogP contribution in [-0.4, -0.2) is 23.8 Å². The van der Waals surface area contributed by atoms with Crippen LogP contribution in [0.2, 0.25) is 0 Å². The first-order valence-corrected chi connectivity index (χ1v) is 11.5. The third kappa shape index (κ3) is 6.90. The van der Waals surface area contributed by atoms with E-state index in [1.54, 1.807) is 0 Å². The molecule has 0 fully saturated rings. The van der Waals surface area contributed by atoms with Crippen LogP contribution in [0.3, 0.4) is 0 Å². The second-order valence-electron chi connectivity index (χ2n) is 6.38. The Morgan fingerprint density at radius 3 is 2.36 bits per heavy atom. The standard InChI is InChI=1S/C18H16N3O8PS.H3N.Na/c1-10(22)19-12-6-5-11-7-16(31(27,28)29)17(18(23)15(11)9-12)21-20-13-3-2-4-14(8-13)30(24,25)26;;/h2-9,23H,1H3,(H,19,22)(H2,24,25,26)(H,27,28,29);1H3;/q;;+1/p-2. The molecular formula is C18H17N4NaO8PS-. The Morgan fingerprint density at radius 1 is 1.12 bits per heavy atom. The first-order valence-electron chi connectivity index (χ1n) is 8.45. The van der Waals surface area contributed by atoms with Crippen molar-refractivity contribution in [1.29, 1.82) is 0 Å². The van der Waals surface area contributed by atoms with E-state index in [0.29, 0.717) is 0 Å². The van der Waals surface area contributed by atoms with Crippen molar-refractivity contribution in [1.82, 2.24) is 6.15 Å². The van der Waals surface area contributed by atoms with Crippen LogP contribution in [0.1, 0.15) is 6.92 Å². The predicted octanol–water partition coefficient (Wildman–Crippen LogP) is -1.13. The maximum Gasteiger partial charge on any atom is 1.00 e. The van der Waals surface area contributed by atoms with Gasteiger partial charge in [-0.25, -0.2) is 0 Å². The van der Waals surface area contributed by atoms with Crippen LogP contribution in [-0.2, 0) is 19.5 Å². The Morgan fingerprint density at radius 2 is 1.79 bits per heavy atom. The van der Waals surface area contributed by atoms with E-state index in [0.717, 1.165) is 18.2 Å². The first kappa shape index (κ1) is 28.8. The van der Waals surface area contributed by atoms with Gasteiger partial charge < -0.3 is 30.9 Å². The molecule has 3 aromatic carbocycles. The van der Waals surface area contributed by atoms with Gasteiger partial charge in [-0.2, -0.15) is 13.5 Å². The largest absolute Gasteiger partial charge is 1.00 e. The molecule has 0 aliphatic heterocycles. The minimum absolute atomic E-state index is 0. The molecule has 0 radical (unpaired) electrons. The molecule has 0 aliphatic carbocycles. The van der Waals surface area contributed by atoms with Crippen LogP contribution in [0, 0.1) is 0 Å². The van der Waals surface area contributed by atoms with Gasteiger partial charge in [0.25, 0.3) is 10.1 Å². The third-order valence-corrected chi connectivity index (χ3v) is 5.85. The average molecular weight is 503 g/mol. The predicted molar refractivity (Wildman–Crippen MR) is 113 cm³/mol. The number of nitrogens with one attached hydrogen (secondary N) is 1. The normalized spacial score (nSPS) is 13.1. The van der Waals surface area contributed by atoms with E-state index >= 15 is 0 Å². The number of carbonyl (C=O) groups is 1. The van der Waals surface area contributed by atoms with Gasteiger partial charge in [-0.05, 0) is 41.1 Å². The summed E-state index contributed by atoms with van der Waals surface area (Å²) in [5, 5.41) is 22.4. The van der Waals surface area contributed by atoms with Crippen molar-refractivity contribution in [3.8, 4) is 5.75 Å². The Bertz CT molecular complexity index is 1390. The maximum absolute atomic E-state index is 12.9. The number of hydrogen-bond donors (Lipinski definition) is 4. The number of amides is 1. The fraction of sp³-hybridized carbons (Fsp3) is 0.0556. The number of rotatable bonds is 5. The molecule has 15 heteroatoms. The van der Waals surface area contributed by atoms with Crippen LogP contribution < -0.4 is 56.3 Å². The van der Waals surface area contributed by atoms with E-state index in [9.17, 15) is 32.3 Å². The molecule has 1 amide bonds. The van der Waals surface area contributed by atoms with Crippen LogP contribution in [0.15, 0.2) is 63.7 Å². The van der Waals surface area contributed by atoms with E-state index in [2.05, 4.69) is 15.5 Å². The van der Waals surface area contributed by atoms with E-state index in [1.165, 1.54) is 37.3 Å². The summed E-state index contributed by atoms with van der Waals surface area (Å²) >= 11 is 0. The summed E-state index contributed by atoms with van der Waals surface area (Å²) in [5.41, 5.74) is -0.536. The molecular weight excluding hydrogens is 486 g/mol. The number of fused-ring (bicyclic) bond motifs is 1. The van der Waals surface area contributed by atoms with Gasteiger partial charge in [0.15, 0.2) is 7.60 Å². The summed E-state index contributed by atoms with van der Waals surface area (Å²) in [5.74, 6) is -1.28. The second-order valence-corrected chi connectivity index (χ2v) is 9.33. The summed E-state index contributed by atoms with van der Waals surface area (Å²) in [7, 11) is -9.69. The molecule has 0 saturated carbocycles. The third-order valence-electron chi connectivity index (χ3n) is 4.05. The minimum Gasteiger partial charge on any atom is -0.871 e. The van der Waals surface area contributed by atoms with Crippen LogP contribution in [0.5, 0.6) is 5.75 Å². The molecule has 0 saturated heterocycles. The van der Waals surface area contributed by atoms with E-state index in [-0.39, 0.29) is 63.8 Å². The smallest absolute Gasteiger partial charge is 0.871 e. The quantitative estimate of drug-likeness (QED) is 0.143. The van der Waals surface area contributed by atoms with Crippen molar-refractivity contribution in [3.63, 3.8) is 0 Å². The van der Waals surface area contributed by atoms with Crippen LogP contribution >= 0.6 is 7.60 Å². The second kappa shape index (κ2) is 10.8. The van der Waals surface area contributed by atoms with Gasteiger partial charge in [0, 0.05) is 17.9 Å². The first-order chi connectivity index (χ1) is 14.4. The number of nitrogens with zero attached hydrogens (tertiary/aromatic N) is 2. The van der Waals surface area contributed by atoms with Gasteiger partial charge in [-0.15, -0.1) is 5.11 Å². The van der Waals surface area contributed by atoms with Gasteiger partial charge in [0.2, 0.25) is 5.91 Å².